The standard InChI is InChI=1S/C17H24N6O2S/c1-11-14-20-21-15(12-5-3-4-6-12)23(14)8-7-22(11)17(24)19-16-18-13(9-25-2)10-26-16/h10-12H,3-9H2,1-2H3,(H,18,19,24). The van der Waals surface area contributed by atoms with Gasteiger partial charge in [-0.05, 0) is 19.8 Å². The average molecular weight is 376 g/mol. The van der Waals surface area contributed by atoms with Gasteiger partial charge in [0.2, 0.25) is 0 Å². The molecule has 1 saturated carbocycles. The van der Waals surface area contributed by atoms with E-state index in [1.807, 2.05) is 12.3 Å². The third-order valence-corrected chi connectivity index (χ3v) is 6.06. The van der Waals surface area contributed by atoms with E-state index < -0.39 is 0 Å². The molecular weight excluding hydrogens is 352 g/mol. The Bertz CT molecular complexity index is 782. The van der Waals surface area contributed by atoms with Gasteiger partial charge >= 0.3 is 6.03 Å². The van der Waals surface area contributed by atoms with Crippen LogP contribution in [0.3, 0.4) is 0 Å². The quantitative estimate of drug-likeness (QED) is 0.886. The molecule has 1 aliphatic heterocycles. The van der Waals surface area contributed by atoms with Crippen LogP contribution in [0.2, 0.25) is 0 Å². The van der Waals surface area contributed by atoms with Crippen LogP contribution in [0.4, 0.5) is 9.93 Å². The van der Waals surface area contributed by atoms with Gasteiger partial charge in [0.15, 0.2) is 11.0 Å². The Morgan fingerprint density at radius 3 is 2.85 bits per heavy atom. The Kier molecular flexibility index (Phi) is 4.90. The van der Waals surface area contributed by atoms with Crippen LogP contribution in [-0.2, 0) is 17.9 Å². The minimum absolute atomic E-state index is 0.107. The first-order valence-electron chi connectivity index (χ1n) is 9.11. The summed E-state index contributed by atoms with van der Waals surface area (Å²) in [6.45, 7) is 3.85. The molecule has 1 aliphatic carbocycles. The molecule has 1 atom stereocenters. The Balaban J connectivity index is 1.46. The van der Waals surface area contributed by atoms with Crippen molar-refractivity contribution in [3.8, 4) is 0 Å². The highest BCUT2D eigenvalue weighted by Crippen LogP contribution is 2.35. The molecule has 140 valence electrons. The summed E-state index contributed by atoms with van der Waals surface area (Å²) in [5.74, 6) is 2.51. The number of urea groups is 1. The molecule has 4 rings (SSSR count). The molecular formula is C17H24N6O2S. The van der Waals surface area contributed by atoms with E-state index in [4.69, 9.17) is 4.74 Å². The molecule has 0 spiro atoms. The van der Waals surface area contributed by atoms with E-state index in [0.717, 1.165) is 23.9 Å². The number of nitrogens with one attached hydrogen (secondary N) is 1. The second-order valence-electron chi connectivity index (χ2n) is 6.93. The van der Waals surface area contributed by atoms with Gasteiger partial charge in [0.05, 0.1) is 18.3 Å². The number of thiazole rings is 1. The lowest BCUT2D eigenvalue weighted by atomic mass is 10.1. The molecule has 1 N–H and O–H groups in total. The number of nitrogens with zero attached hydrogens (tertiary/aromatic N) is 5. The molecule has 2 aliphatic rings. The maximum absolute atomic E-state index is 12.7. The van der Waals surface area contributed by atoms with E-state index in [1.54, 1.807) is 12.0 Å². The van der Waals surface area contributed by atoms with Crippen LogP contribution in [0.25, 0.3) is 0 Å². The van der Waals surface area contributed by atoms with Gasteiger partial charge in [-0.15, -0.1) is 21.5 Å². The van der Waals surface area contributed by atoms with Crippen LogP contribution in [0.5, 0.6) is 0 Å². The fourth-order valence-corrected chi connectivity index (χ4v) is 4.60. The van der Waals surface area contributed by atoms with Gasteiger partial charge in [0.1, 0.15) is 5.82 Å². The number of ether oxygens (including phenoxy) is 1. The van der Waals surface area contributed by atoms with Crippen LogP contribution in [-0.4, -0.2) is 44.3 Å². The predicted octanol–water partition coefficient (Wildman–Crippen LogP) is 3.15. The van der Waals surface area contributed by atoms with Gasteiger partial charge in [-0.25, -0.2) is 9.78 Å². The van der Waals surface area contributed by atoms with Gasteiger partial charge in [-0.1, -0.05) is 12.8 Å². The SMILES string of the molecule is COCc1csc(NC(=O)N2CCn3c(C4CCCC4)nnc3C2C)n1. The molecule has 0 saturated heterocycles. The van der Waals surface area contributed by atoms with Gasteiger partial charge in [-0.2, -0.15) is 0 Å². The first-order valence-corrected chi connectivity index (χ1v) is 9.99. The monoisotopic (exact) mass is 376 g/mol. The Morgan fingerprint density at radius 1 is 1.31 bits per heavy atom. The second kappa shape index (κ2) is 7.32. The number of methoxy groups -OCH3 is 1. The lowest BCUT2D eigenvalue weighted by Crippen LogP contribution is -2.43. The maximum atomic E-state index is 12.7. The van der Waals surface area contributed by atoms with Crippen molar-refractivity contribution in [2.45, 2.75) is 57.7 Å². The molecule has 3 heterocycles. The fraction of sp³-hybridized carbons (Fsp3) is 0.647. The summed E-state index contributed by atoms with van der Waals surface area (Å²) < 4.78 is 7.29. The normalized spacial score (nSPS) is 20.4. The van der Waals surface area contributed by atoms with E-state index >= 15 is 0 Å². The van der Waals surface area contributed by atoms with Crippen LogP contribution in [0.1, 0.15) is 61.9 Å². The topological polar surface area (TPSA) is 85.2 Å². The summed E-state index contributed by atoms with van der Waals surface area (Å²) in [5, 5.41) is 14.3. The van der Waals surface area contributed by atoms with Crippen molar-refractivity contribution in [1.29, 1.82) is 0 Å². The molecule has 1 fully saturated rings. The van der Waals surface area contributed by atoms with E-state index in [0.29, 0.717) is 24.2 Å². The molecule has 26 heavy (non-hydrogen) atoms. The zero-order valence-corrected chi connectivity index (χ0v) is 16.0. The lowest BCUT2D eigenvalue weighted by Gasteiger charge is -2.33. The van der Waals surface area contributed by atoms with Crippen molar-refractivity contribution in [3.63, 3.8) is 0 Å². The summed E-state index contributed by atoms with van der Waals surface area (Å²) in [5.41, 5.74) is 0.820. The highest BCUT2D eigenvalue weighted by molar-refractivity contribution is 7.13. The molecule has 0 aromatic carbocycles. The first kappa shape index (κ1) is 17.4. The highest BCUT2D eigenvalue weighted by Gasteiger charge is 2.33. The van der Waals surface area contributed by atoms with Gasteiger partial charge in [0, 0.05) is 31.5 Å². The Labute approximate surface area is 156 Å². The summed E-state index contributed by atoms with van der Waals surface area (Å²) in [6, 6.07) is -0.253. The van der Waals surface area contributed by atoms with Crippen molar-refractivity contribution < 1.29 is 9.53 Å². The van der Waals surface area contributed by atoms with Gasteiger partial charge in [0.25, 0.3) is 0 Å². The first-order chi connectivity index (χ1) is 12.7. The van der Waals surface area contributed by atoms with Gasteiger partial charge < -0.3 is 14.2 Å². The number of hydrogen-bond donors (Lipinski definition) is 1. The zero-order chi connectivity index (χ0) is 18.1. The third-order valence-electron chi connectivity index (χ3n) is 5.25. The molecule has 2 aromatic heterocycles. The molecule has 2 aromatic rings. The van der Waals surface area contributed by atoms with E-state index in [9.17, 15) is 4.79 Å². The molecule has 2 amide bonds. The molecule has 0 radical (unpaired) electrons. The van der Waals surface area contributed by atoms with Crippen molar-refractivity contribution in [1.82, 2.24) is 24.6 Å². The average Bonchev–Trinajstić information content (AvgIpc) is 3.35. The summed E-state index contributed by atoms with van der Waals surface area (Å²) >= 11 is 1.41. The second-order valence-corrected chi connectivity index (χ2v) is 7.78. The van der Waals surface area contributed by atoms with E-state index in [1.165, 1.54) is 37.0 Å². The predicted molar refractivity (Wildman–Crippen MR) is 98.2 cm³/mol. The molecule has 8 nitrogen and oxygen atoms in total. The minimum atomic E-state index is -0.146. The highest BCUT2D eigenvalue weighted by atomic mass is 32.1. The number of carbonyl (C=O) groups excluding carboxylic acids is 1. The fourth-order valence-electron chi connectivity index (χ4n) is 3.91. The Hall–Kier alpha value is -2.00. The number of aromatic nitrogens is 4. The maximum Gasteiger partial charge on any atom is 0.324 e. The van der Waals surface area contributed by atoms with Gasteiger partial charge in [-0.3, -0.25) is 5.32 Å². The largest absolute Gasteiger partial charge is 0.378 e. The van der Waals surface area contributed by atoms with E-state index in [-0.39, 0.29) is 12.1 Å². The van der Waals surface area contributed by atoms with E-state index in [2.05, 4.69) is 25.1 Å². The van der Waals surface area contributed by atoms with Crippen molar-refractivity contribution >= 4 is 22.5 Å². The minimum Gasteiger partial charge on any atom is -0.378 e. The summed E-state index contributed by atoms with van der Waals surface area (Å²) in [4.78, 5) is 18.9. The van der Waals surface area contributed by atoms with Crippen LogP contribution >= 0.6 is 11.3 Å². The number of carbonyl (C=O) groups is 1. The molecule has 0 bridgehead atoms. The van der Waals surface area contributed by atoms with Crippen molar-refractivity contribution in [2.75, 3.05) is 19.0 Å². The molecule has 9 heteroatoms. The number of hydrogen-bond acceptors (Lipinski definition) is 6. The lowest BCUT2D eigenvalue weighted by molar-refractivity contribution is 0.171. The number of fused-ring (bicyclic) bond motifs is 1. The van der Waals surface area contributed by atoms with Crippen molar-refractivity contribution in [3.05, 3.63) is 22.7 Å². The number of anilines is 1. The zero-order valence-electron chi connectivity index (χ0n) is 15.1. The number of rotatable bonds is 4. The summed E-state index contributed by atoms with van der Waals surface area (Å²) in [7, 11) is 1.63. The summed E-state index contributed by atoms with van der Waals surface area (Å²) in [6.07, 6.45) is 4.95. The third kappa shape index (κ3) is 3.21. The smallest absolute Gasteiger partial charge is 0.324 e. The van der Waals surface area contributed by atoms with Crippen molar-refractivity contribution in [2.24, 2.45) is 0 Å². The number of amides is 2. The van der Waals surface area contributed by atoms with Crippen LogP contribution in [0.15, 0.2) is 5.38 Å². The Morgan fingerprint density at radius 2 is 2.08 bits per heavy atom. The molecule has 1 unspecified atom stereocenters. The van der Waals surface area contributed by atoms with Crippen LogP contribution < -0.4 is 5.32 Å². The van der Waals surface area contributed by atoms with Crippen LogP contribution in [0, 0.1) is 0 Å².